The molecule has 1 aromatic carbocycles. The lowest BCUT2D eigenvalue weighted by atomic mass is 10.1. The minimum Gasteiger partial charge on any atom is -0.449 e. The van der Waals surface area contributed by atoms with E-state index in [1.807, 2.05) is 32.0 Å². The van der Waals surface area contributed by atoms with E-state index >= 15 is 0 Å². The van der Waals surface area contributed by atoms with Gasteiger partial charge in [-0.15, -0.1) is 0 Å². The number of nitrogens with zero attached hydrogens (tertiary/aromatic N) is 1. The molecule has 0 bridgehead atoms. The Morgan fingerprint density at radius 1 is 1.26 bits per heavy atom. The van der Waals surface area contributed by atoms with E-state index in [0.29, 0.717) is 18.7 Å². The molecule has 1 heterocycles. The van der Waals surface area contributed by atoms with E-state index in [4.69, 9.17) is 4.42 Å². The van der Waals surface area contributed by atoms with E-state index in [9.17, 15) is 4.79 Å². The number of hydrogen-bond donors (Lipinski definition) is 1. The van der Waals surface area contributed by atoms with Crippen LogP contribution in [0.1, 0.15) is 29.1 Å². The van der Waals surface area contributed by atoms with Crippen molar-refractivity contribution in [2.45, 2.75) is 33.6 Å². The molecule has 0 aliphatic rings. The fourth-order valence-corrected chi connectivity index (χ4v) is 1.98. The van der Waals surface area contributed by atoms with Crippen LogP contribution in [-0.2, 0) is 11.2 Å². The van der Waals surface area contributed by atoms with Crippen molar-refractivity contribution >= 4 is 11.6 Å². The maximum Gasteiger partial charge on any atom is 0.224 e. The van der Waals surface area contributed by atoms with Crippen LogP contribution in [0.2, 0.25) is 0 Å². The largest absolute Gasteiger partial charge is 0.449 e. The Morgan fingerprint density at radius 3 is 2.53 bits per heavy atom. The number of benzene rings is 1. The Morgan fingerprint density at radius 2 is 1.95 bits per heavy atom. The van der Waals surface area contributed by atoms with Crippen LogP contribution in [0, 0.1) is 20.8 Å². The van der Waals surface area contributed by atoms with Gasteiger partial charge in [0.2, 0.25) is 5.91 Å². The van der Waals surface area contributed by atoms with Gasteiger partial charge in [-0.25, -0.2) is 4.98 Å². The smallest absolute Gasteiger partial charge is 0.224 e. The van der Waals surface area contributed by atoms with Crippen molar-refractivity contribution < 1.29 is 9.21 Å². The number of aromatic nitrogens is 1. The predicted octanol–water partition coefficient (Wildman–Crippen LogP) is 3.17. The number of hydrogen-bond acceptors (Lipinski definition) is 3. The zero-order chi connectivity index (χ0) is 13.8. The van der Waals surface area contributed by atoms with E-state index in [1.165, 1.54) is 0 Å². The number of rotatable bonds is 4. The highest BCUT2D eigenvalue weighted by Crippen LogP contribution is 2.19. The van der Waals surface area contributed by atoms with Crippen LogP contribution in [0.25, 0.3) is 0 Å². The summed E-state index contributed by atoms with van der Waals surface area (Å²) in [6.45, 7) is 5.77. The lowest BCUT2D eigenvalue weighted by Gasteiger charge is -2.10. The fraction of sp³-hybridized carbons (Fsp3) is 0.333. The molecular weight excluding hydrogens is 240 g/mol. The highest BCUT2D eigenvalue weighted by molar-refractivity contribution is 5.92. The molecule has 0 fully saturated rings. The van der Waals surface area contributed by atoms with Gasteiger partial charge in [0.1, 0.15) is 6.26 Å². The summed E-state index contributed by atoms with van der Waals surface area (Å²) in [5.74, 6) is 0.628. The first kappa shape index (κ1) is 13.3. The van der Waals surface area contributed by atoms with E-state index < -0.39 is 0 Å². The predicted molar refractivity (Wildman–Crippen MR) is 74.1 cm³/mol. The third-order valence-electron chi connectivity index (χ3n) is 3.02. The number of amides is 1. The molecular formula is C15H18N2O2. The highest BCUT2D eigenvalue weighted by atomic mass is 16.3. The minimum atomic E-state index is -0.00180. The zero-order valence-corrected chi connectivity index (χ0v) is 11.5. The van der Waals surface area contributed by atoms with Crippen LogP contribution in [0.15, 0.2) is 28.9 Å². The standard InChI is InChI=1S/C15H18N2O2/c1-10-5-4-6-11(2)15(10)17-14(18)8-7-13-9-19-12(3)16-13/h4-6,9H,7-8H2,1-3H3,(H,17,18). The summed E-state index contributed by atoms with van der Waals surface area (Å²) in [5, 5.41) is 2.96. The van der Waals surface area contributed by atoms with Crippen LogP contribution in [0.5, 0.6) is 0 Å². The third kappa shape index (κ3) is 3.44. The molecule has 0 saturated carbocycles. The second-order valence-corrected chi connectivity index (χ2v) is 4.67. The average Bonchev–Trinajstić information content (AvgIpc) is 2.77. The van der Waals surface area contributed by atoms with Gasteiger partial charge in [-0.05, 0) is 25.0 Å². The number of oxazole rings is 1. The first-order valence-corrected chi connectivity index (χ1v) is 6.33. The van der Waals surface area contributed by atoms with E-state index in [-0.39, 0.29) is 5.91 Å². The summed E-state index contributed by atoms with van der Waals surface area (Å²) in [5.41, 5.74) is 3.87. The van der Waals surface area contributed by atoms with Crippen molar-refractivity contribution in [3.8, 4) is 0 Å². The van der Waals surface area contributed by atoms with E-state index in [1.54, 1.807) is 13.2 Å². The summed E-state index contributed by atoms with van der Waals surface area (Å²) >= 11 is 0. The molecule has 100 valence electrons. The Balaban J connectivity index is 1.94. The van der Waals surface area contributed by atoms with Crippen LogP contribution < -0.4 is 5.32 Å². The SMILES string of the molecule is Cc1nc(CCC(=O)Nc2c(C)cccc2C)co1. The minimum absolute atomic E-state index is 0.00180. The summed E-state index contributed by atoms with van der Waals surface area (Å²) in [6.07, 6.45) is 2.59. The third-order valence-corrected chi connectivity index (χ3v) is 3.02. The van der Waals surface area contributed by atoms with E-state index in [0.717, 1.165) is 22.5 Å². The highest BCUT2D eigenvalue weighted by Gasteiger charge is 2.08. The van der Waals surface area contributed by atoms with Gasteiger partial charge >= 0.3 is 0 Å². The van der Waals surface area contributed by atoms with Gasteiger partial charge in [-0.3, -0.25) is 4.79 Å². The maximum absolute atomic E-state index is 11.9. The van der Waals surface area contributed by atoms with Gasteiger partial charge < -0.3 is 9.73 Å². The molecule has 19 heavy (non-hydrogen) atoms. The van der Waals surface area contributed by atoms with Crippen LogP contribution in [0.4, 0.5) is 5.69 Å². The number of anilines is 1. The lowest BCUT2D eigenvalue weighted by Crippen LogP contribution is -2.14. The molecule has 0 saturated heterocycles. The second-order valence-electron chi connectivity index (χ2n) is 4.67. The monoisotopic (exact) mass is 258 g/mol. The molecule has 0 aliphatic heterocycles. The molecule has 4 heteroatoms. The Kier molecular flexibility index (Phi) is 4.00. The topological polar surface area (TPSA) is 55.1 Å². The lowest BCUT2D eigenvalue weighted by molar-refractivity contribution is -0.116. The Labute approximate surface area is 112 Å². The van der Waals surface area contributed by atoms with Crippen molar-refractivity contribution in [3.63, 3.8) is 0 Å². The molecule has 0 spiro atoms. The Hall–Kier alpha value is -2.10. The maximum atomic E-state index is 11.9. The zero-order valence-electron chi connectivity index (χ0n) is 11.5. The molecule has 0 aliphatic carbocycles. The molecule has 0 unspecified atom stereocenters. The summed E-state index contributed by atoms with van der Waals surface area (Å²) in [6, 6.07) is 5.96. The normalized spacial score (nSPS) is 10.5. The molecule has 2 aromatic rings. The number of para-hydroxylation sites is 1. The van der Waals surface area contributed by atoms with Gasteiger partial charge in [0, 0.05) is 25.5 Å². The quantitative estimate of drug-likeness (QED) is 0.916. The number of carbonyl (C=O) groups excluding carboxylic acids is 1. The fourth-order valence-electron chi connectivity index (χ4n) is 1.98. The number of carbonyl (C=O) groups is 1. The van der Waals surface area contributed by atoms with Crippen LogP contribution in [0.3, 0.4) is 0 Å². The van der Waals surface area contributed by atoms with Gasteiger partial charge in [0.15, 0.2) is 5.89 Å². The van der Waals surface area contributed by atoms with Gasteiger partial charge in [0.25, 0.3) is 0 Å². The van der Waals surface area contributed by atoms with Gasteiger partial charge in [-0.1, -0.05) is 18.2 Å². The summed E-state index contributed by atoms with van der Waals surface area (Å²) in [4.78, 5) is 16.1. The second kappa shape index (κ2) is 5.69. The summed E-state index contributed by atoms with van der Waals surface area (Å²) < 4.78 is 5.11. The molecule has 1 aromatic heterocycles. The molecule has 1 amide bonds. The molecule has 4 nitrogen and oxygen atoms in total. The van der Waals surface area contributed by atoms with E-state index in [2.05, 4.69) is 10.3 Å². The first-order valence-electron chi connectivity index (χ1n) is 6.33. The number of aryl methyl sites for hydroxylation is 4. The van der Waals surface area contributed by atoms with Crippen molar-refractivity contribution in [1.29, 1.82) is 0 Å². The Bertz CT molecular complexity index is 567. The van der Waals surface area contributed by atoms with Gasteiger partial charge in [0.05, 0.1) is 5.69 Å². The van der Waals surface area contributed by atoms with Crippen LogP contribution >= 0.6 is 0 Å². The number of nitrogens with one attached hydrogen (secondary N) is 1. The molecule has 0 atom stereocenters. The molecule has 1 N–H and O–H groups in total. The van der Waals surface area contributed by atoms with Crippen molar-refractivity contribution in [3.05, 3.63) is 47.2 Å². The van der Waals surface area contributed by atoms with Crippen molar-refractivity contribution in [2.24, 2.45) is 0 Å². The van der Waals surface area contributed by atoms with Crippen LogP contribution in [-0.4, -0.2) is 10.9 Å². The van der Waals surface area contributed by atoms with Crippen molar-refractivity contribution in [1.82, 2.24) is 4.98 Å². The molecule has 2 rings (SSSR count). The first-order chi connectivity index (χ1) is 9.06. The van der Waals surface area contributed by atoms with Crippen molar-refractivity contribution in [2.75, 3.05) is 5.32 Å². The van der Waals surface area contributed by atoms with Gasteiger partial charge in [-0.2, -0.15) is 0 Å². The summed E-state index contributed by atoms with van der Waals surface area (Å²) in [7, 11) is 0. The average molecular weight is 258 g/mol. The molecule has 0 radical (unpaired) electrons.